The van der Waals surface area contributed by atoms with Crippen molar-refractivity contribution in [3.63, 3.8) is 0 Å². The van der Waals surface area contributed by atoms with Crippen LogP contribution in [-0.2, 0) is 16.8 Å². The van der Waals surface area contributed by atoms with Crippen LogP contribution in [0.2, 0.25) is 0 Å². The number of rotatable bonds is 6. The quantitative estimate of drug-likeness (QED) is 0.739. The molecular weight excluding hydrogens is 388 g/mol. The Morgan fingerprint density at radius 2 is 1.62 bits per heavy atom. The fraction of sp³-hybridized carbons (Fsp3) is 0.333. The number of likely N-dealkylation sites (N-methyl/N-ethyl adjacent to an activating group) is 1. The van der Waals surface area contributed by atoms with E-state index in [0.29, 0.717) is 12.8 Å². The zero-order valence-electron chi connectivity index (χ0n) is 15.7. The highest BCUT2D eigenvalue weighted by atomic mass is 19.4. The molecule has 0 spiro atoms. The molecule has 0 bridgehead atoms. The van der Waals surface area contributed by atoms with Crippen LogP contribution in [-0.4, -0.2) is 36.5 Å². The van der Waals surface area contributed by atoms with E-state index >= 15 is 0 Å². The second-order valence-corrected chi connectivity index (χ2v) is 7.24. The summed E-state index contributed by atoms with van der Waals surface area (Å²) in [6.45, 7) is -1.11. The summed E-state index contributed by atoms with van der Waals surface area (Å²) in [6.07, 6.45) is -3.08. The first-order valence-electron chi connectivity index (χ1n) is 9.06. The smallest absolute Gasteiger partial charge is 0.343 e. The molecule has 0 saturated heterocycles. The number of hydrogen-bond donors (Lipinski definition) is 1. The zero-order chi connectivity index (χ0) is 21.2. The fourth-order valence-electron chi connectivity index (χ4n) is 3.28. The lowest BCUT2D eigenvalue weighted by molar-refractivity contribution is -0.133. The van der Waals surface area contributed by atoms with Gasteiger partial charge in [0, 0.05) is 19.2 Å². The van der Waals surface area contributed by atoms with E-state index in [1.807, 2.05) is 5.32 Å². The van der Waals surface area contributed by atoms with Crippen molar-refractivity contribution in [1.82, 2.24) is 10.2 Å². The Bertz CT molecular complexity index is 888. The zero-order valence-corrected chi connectivity index (χ0v) is 15.7. The molecule has 4 nitrogen and oxygen atoms in total. The topological polar surface area (TPSA) is 49.4 Å². The number of carbonyl (C=O) groups excluding carboxylic acids is 2. The first kappa shape index (κ1) is 20.8. The van der Waals surface area contributed by atoms with E-state index in [-0.39, 0.29) is 23.8 Å². The van der Waals surface area contributed by atoms with E-state index < -0.39 is 24.0 Å². The van der Waals surface area contributed by atoms with Gasteiger partial charge < -0.3 is 10.2 Å². The minimum atomic E-state index is -4.47. The Labute approximate surface area is 165 Å². The molecule has 2 amide bonds. The molecule has 1 fully saturated rings. The molecule has 2 aromatic carbocycles. The van der Waals surface area contributed by atoms with Gasteiger partial charge in [0.25, 0.3) is 5.91 Å². The maximum atomic E-state index is 13.2. The van der Waals surface area contributed by atoms with E-state index in [1.165, 1.54) is 24.3 Å². The standard InChI is InChI=1S/C21H20F4N2O2/c1-27(19(29)20(10-11-20)16-6-8-17(22)9-7-16)12-14-2-4-15(5-3-14)18(28)26-13-21(23,24)25/h2-9H,10-13H2,1H3,(H,26,28). The highest BCUT2D eigenvalue weighted by Gasteiger charge is 2.52. The molecule has 1 N–H and O–H groups in total. The van der Waals surface area contributed by atoms with Gasteiger partial charge in [-0.25, -0.2) is 4.39 Å². The van der Waals surface area contributed by atoms with Crippen molar-refractivity contribution < 1.29 is 27.2 Å². The van der Waals surface area contributed by atoms with Crippen molar-refractivity contribution in [3.05, 3.63) is 71.0 Å². The van der Waals surface area contributed by atoms with Crippen LogP contribution in [0.1, 0.15) is 34.3 Å². The van der Waals surface area contributed by atoms with Crippen molar-refractivity contribution in [2.75, 3.05) is 13.6 Å². The van der Waals surface area contributed by atoms with E-state index in [2.05, 4.69) is 0 Å². The molecule has 0 radical (unpaired) electrons. The summed E-state index contributed by atoms with van der Waals surface area (Å²) in [4.78, 5) is 26.2. The van der Waals surface area contributed by atoms with Crippen LogP contribution in [0.15, 0.2) is 48.5 Å². The summed E-state index contributed by atoms with van der Waals surface area (Å²) in [7, 11) is 1.66. The lowest BCUT2D eigenvalue weighted by Gasteiger charge is -2.24. The first-order chi connectivity index (χ1) is 13.6. The van der Waals surface area contributed by atoms with Crippen molar-refractivity contribution in [1.29, 1.82) is 0 Å². The minimum Gasteiger partial charge on any atom is -0.343 e. The van der Waals surface area contributed by atoms with Gasteiger partial charge in [-0.3, -0.25) is 9.59 Å². The van der Waals surface area contributed by atoms with Crippen LogP contribution in [0.4, 0.5) is 17.6 Å². The van der Waals surface area contributed by atoms with Crippen LogP contribution in [0.5, 0.6) is 0 Å². The van der Waals surface area contributed by atoms with Crippen LogP contribution < -0.4 is 5.32 Å². The molecule has 1 aliphatic carbocycles. The lowest BCUT2D eigenvalue weighted by atomic mass is 9.94. The second-order valence-electron chi connectivity index (χ2n) is 7.24. The van der Waals surface area contributed by atoms with Gasteiger partial charge >= 0.3 is 6.18 Å². The molecule has 8 heteroatoms. The van der Waals surface area contributed by atoms with Crippen molar-refractivity contribution >= 4 is 11.8 Å². The molecule has 0 atom stereocenters. The summed E-state index contributed by atoms with van der Waals surface area (Å²) in [5.74, 6) is -1.24. The molecule has 154 valence electrons. The molecule has 0 aromatic heterocycles. The molecule has 1 saturated carbocycles. The summed E-state index contributed by atoms with van der Waals surface area (Å²) < 4.78 is 49.7. The maximum Gasteiger partial charge on any atom is 0.405 e. The van der Waals surface area contributed by atoms with Crippen molar-refractivity contribution in [2.24, 2.45) is 0 Å². The fourth-order valence-corrected chi connectivity index (χ4v) is 3.28. The largest absolute Gasteiger partial charge is 0.405 e. The average Bonchev–Trinajstić information content (AvgIpc) is 3.48. The Morgan fingerprint density at radius 3 is 2.14 bits per heavy atom. The molecule has 29 heavy (non-hydrogen) atoms. The van der Waals surface area contributed by atoms with Gasteiger partial charge in [0.2, 0.25) is 5.91 Å². The number of halogens is 4. The predicted molar refractivity (Wildman–Crippen MR) is 98.6 cm³/mol. The van der Waals surface area contributed by atoms with Gasteiger partial charge in [-0.1, -0.05) is 24.3 Å². The van der Waals surface area contributed by atoms with Crippen LogP contribution >= 0.6 is 0 Å². The summed E-state index contributed by atoms with van der Waals surface area (Å²) in [5.41, 5.74) is 1.01. The monoisotopic (exact) mass is 408 g/mol. The minimum absolute atomic E-state index is 0.0731. The number of nitrogens with zero attached hydrogens (tertiary/aromatic N) is 1. The number of benzene rings is 2. The van der Waals surface area contributed by atoms with Crippen LogP contribution in [0.25, 0.3) is 0 Å². The van der Waals surface area contributed by atoms with E-state index in [1.54, 1.807) is 36.2 Å². The van der Waals surface area contributed by atoms with E-state index in [0.717, 1.165) is 11.1 Å². The molecular formula is C21H20F4N2O2. The number of alkyl halides is 3. The van der Waals surface area contributed by atoms with Crippen LogP contribution in [0.3, 0.4) is 0 Å². The third-order valence-electron chi connectivity index (χ3n) is 4.99. The van der Waals surface area contributed by atoms with Crippen molar-refractivity contribution in [2.45, 2.75) is 31.0 Å². The average molecular weight is 408 g/mol. The highest BCUT2D eigenvalue weighted by Crippen LogP contribution is 2.49. The van der Waals surface area contributed by atoms with E-state index in [4.69, 9.17) is 0 Å². The number of nitrogens with one attached hydrogen (secondary N) is 1. The molecule has 0 unspecified atom stereocenters. The van der Waals surface area contributed by atoms with Gasteiger partial charge in [0.05, 0.1) is 5.41 Å². The third kappa shape index (κ3) is 4.93. The first-order valence-corrected chi connectivity index (χ1v) is 9.06. The Balaban J connectivity index is 1.62. The normalized spacial score (nSPS) is 14.9. The Morgan fingerprint density at radius 1 is 1.03 bits per heavy atom. The highest BCUT2D eigenvalue weighted by molar-refractivity contribution is 5.94. The molecule has 1 aliphatic rings. The Hall–Kier alpha value is -2.90. The molecule has 0 aliphatic heterocycles. The Kier molecular flexibility index (Phi) is 5.64. The number of amides is 2. The van der Waals surface area contributed by atoms with Gasteiger partial charge in [0.15, 0.2) is 0 Å². The second kappa shape index (κ2) is 7.85. The van der Waals surface area contributed by atoms with Crippen molar-refractivity contribution in [3.8, 4) is 0 Å². The SMILES string of the molecule is CN(Cc1ccc(C(=O)NCC(F)(F)F)cc1)C(=O)C1(c2ccc(F)cc2)CC1. The summed E-state index contributed by atoms with van der Waals surface area (Å²) in [6, 6.07) is 12.0. The lowest BCUT2D eigenvalue weighted by Crippen LogP contribution is -2.36. The maximum absolute atomic E-state index is 13.2. The molecule has 2 aromatic rings. The molecule has 3 rings (SSSR count). The summed E-state index contributed by atoms with van der Waals surface area (Å²) in [5, 5.41) is 1.81. The third-order valence-corrected chi connectivity index (χ3v) is 4.99. The van der Waals surface area contributed by atoms with Gasteiger partial charge in [-0.05, 0) is 48.2 Å². The van der Waals surface area contributed by atoms with Gasteiger partial charge in [-0.2, -0.15) is 13.2 Å². The van der Waals surface area contributed by atoms with Crippen LogP contribution in [0, 0.1) is 5.82 Å². The van der Waals surface area contributed by atoms with Gasteiger partial charge in [-0.15, -0.1) is 0 Å². The number of carbonyl (C=O) groups is 2. The number of hydrogen-bond acceptors (Lipinski definition) is 2. The predicted octanol–water partition coefficient (Wildman–Crippen LogP) is 3.81. The summed E-state index contributed by atoms with van der Waals surface area (Å²) >= 11 is 0. The van der Waals surface area contributed by atoms with Gasteiger partial charge in [0.1, 0.15) is 12.4 Å². The van der Waals surface area contributed by atoms with E-state index in [9.17, 15) is 27.2 Å². The molecule has 0 heterocycles.